The summed E-state index contributed by atoms with van der Waals surface area (Å²) in [5.74, 6) is 6.02. The maximum atomic E-state index is 6.89. The average molecular weight is 1860 g/mol. The lowest BCUT2D eigenvalue weighted by atomic mass is 9.82. The van der Waals surface area contributed by atoms with Gasteiger partial charge in [-0.1, -0.05) is 347 Å². The Kier molecular flexibility index (Phi) is 18.7. The standard InChI is InChI=1S/C69H47NO2SSi.C60H38N2O2SSi/c1-69(2)58-21-11-9-19-53(58)54-36-31-49(41-59(54)69)70(48-29-25-46(26-30-48)44-15-5-3-6-16-44)50-32-37-55-56-38-35-52(43-64(56)73-63(55)42-50)74(51-33-27-47(28-34-51)45-17-7-4-8-18-45)65-24-14-10-20-57(65)67-66(74)40-39-62-68(67)72-61-23-13-12-22-60(61)71-62;1-4-16-39(17-5-1)61(41-29-33-51-49(36-41)45-22-10-12-24-50(45)62(51)40-18-6-2-7-19-40)42-28-31-46-47-32-30-44(38-56(47)65-55(46)37-42)66(43-20-8-3-9-21-43)57-27-15-11-23-48(57)59-58(66)35-34-54-60(59)64-53-26-14-13-25-52(53)63-54/h3-43H,1-2H3;1-38H. The molecule has 0 bridgehead atoms. The number of benzene rings is 21. The van der Waals surface area contributed by atoms with Gasteiger partial charge in [-0.15, -0.1) is 22.7 Å². The fraction of sp³-hybridized carbons (Fsp3) is 0.0233. The van der Waals surface area contributed by atoms with Crippen LogP contribution in [0.3, 0.4) is 0 Å². The largest absolute Gasteiger partial charge is 0.449 e. The second kappa shape index (κ2) is 32.1. The molecule has 0 amide bonds. The van der Waals surface area contributed by atoms with Crippen molar-refractivity contribution >= 4 is 177 Å². The first kappa shape index (κ1) is 81.5. The summed E-state index contributed by atoms with van der Waals surface area (Å²) in [4.78, 5) is 4.85. The lowest BCUT2D eigenvalue weighted by Gasteiger charge is -2.32. The Bertz CT molecular complexity index is 9180. The van der Waals surface area contributed by atoms with Crippen LogP contribution in [0.15, 0.2) is 479 Å². The number of aromatic nitrogens is 1. The molecule has 0 N–H and O–H groups in total. The van der Waals surface area contributed by atoms with Crippen LogP contribution in [0.5, 0.6) is 46.0 Å². The Balaban J connectivity index is 0.000000138. The van der Waals surface area contributed by atoms with Gasteiger partial charge >= 0.3 is 0 Å². The van der Waals surface area contributed by atoms with Crippen molar-refractivity contribution in [2.24, 2.45) is 0 Å². The van der Waals surface area contributed by atoms with E-state index < -0.39 is 16.1 Å². The molecule has 2 atom stereocenters. The molecule has 29 rings (SSSR count). The van der Waals surface area contributed by atoms with E-state index in [0.29, 0.717) is 0 Å². The summed E-state index contributed by atoms with van der Waals surface area (Å²) in [5, 5.41) is 18.3. The number of nitrogens with zero attached hydrogens (tertiary/aromatic N) is 3. The smallest absolute Gasteiger partial charge is 0.181 e. The molecule has 140 heavy (non-hydrogen) atoms. The summed E-state index contributed by atoms with van der Waals surface area (Å²) >= 11 is 3.77. The van der Waals surface area contributed by atoms with E-state index in [1.807, 2.05) is 71.2 Å². The van der Waals surface area contributed by atoms with Crippen LogP contribution in [0.4, 0.5) is 34.1 Å². The first-order chi connectivity index (χ1) is 69.1. The van der Waals surface area contributed by atoms with Crippen molar-refractivity contribution in [3.63, 3.8) is 0 Å². The quantitative estimate of drug-likeness (QED) is 0.107. The van der Waals surface area contributed by atoms with E-state index in [1.54, 1.807) is 0 Å². The molecule has 1 aliphatic carbocycles. The number of anilines is 6. The number of fused-ring (bicyclic) bond motifs is 24. The summed E-state index contributed by atoms with van der Waals surface area (Å²) in [6.07, 6.45) is 0. The van der Waals surface area contributed by atoms with Crippen LogP contribution in [0.2, 0.25) is 0 Å². The fourth-order valence-corrected chi connectivity index (χ4v) is 36.3. The van der Waals surface area contributed by atoms with Gasteiger partial charge in [0.05, 0.1) is 11.0 Å². The molecular formula is C129H85N3O4S2Si2. The Morgan fingerprint density at radius 2 is 0.600 bits per heavy atom. The van der Waals surface area contributed by atoms with Crippen LogP contribution < -0.4 is 70.2 Å². The van der Waals surface area contributed by atoms with Gasteiger partial charge in [-0.3, -0.25) is 0 Å². The normalized spacial score (nSPS) is 15.0. The van der Waals surface area contributed by atoms with Crippen molar-refractivity contribution in [3.05, 3.63) is 490 Å². The van der Waals surface area contributed by atoms with Crippen LogP contribution in [-0.2, 0) is 5.41 Å². The van der Waals surface area contributed by atoms with E-state index >= 15 is 0 Å². The van der Waals surface area contributed by atoms with Crippen LogP contribution >= 0.6 is 22.7 Å². The van der Waals surface area contributed by atoms with Crippen LogP contribution in [0.25, 0.3) is 123 Å². The van der Waals surface area contributed by atoms with Gasteiger partial charge in [0.15, 0.2) is 62.1 Å². The molecule has 0 spiro atoms. The van der Waals surface area contributed by atoms with Crippen molar-refractivity contribution in [3.8, 4) is 107 Å². The number of thiophene rings is 2. The van der Waals surface area contributed by atoms with Gasteiger partial charge in [-0.25, -0.2) is 0 Å². The molecular weight excluding hydrogens is 1780 g/mol. The minimum Gasteiger partial charge on any atom is -0.449 e. The van der Waals surface area contributed by atoms with E-state index in [9.17, 15) is 0 Å². The van der Waals surface area contributed by atoms with Crippen molar-refractivity contribution in [1.29, 1.82) is 0 Å². The minimum absolute atomic E-state index is 0.131. The molecule has 0 saturated carbocycles. The van der Waals surface area contributed by atoms with Gasteiger partial charge in [0.25, 0.3) is 0 Å². The van der Waals surface area contributed by atoms with E-state index in [4.69, 9.17) is 18.9 Å². The third-order valence-electron chi connectivity index (χ3n) is 29.7. The van der Waals surface area contributed by atoms with Gasteiger partial charge in [0, 0.05) is 107 Å². The van der Waals surface area contributed by atoms with Crippen molar-refractivity contribution < 1.29 is 18.9 Å². The predicted octanol–water partition coefficient (Wildman–Crippen LogP) is 30.3. The van der Waals surface area contributed by atoms with Crippen LogP contribution in [0.1, 0.15) is 25.0 Å². The first-order valence-electron chi connectivity index (χ1n) is 47.9. The average Bonchev–Trinajstić information content (AvgIpc) is 1.52. The zero-order valence-corrected chi connectivity index (χ0v) is 80.0. The van der Waals surface area contributed by atoms with Gasteiger partial charge in [-0.05, 0) is 243 Å². The fourth-order valence-electron chi connectivity index (χ4n) is 23.5. The van der Waals surface area contributed by atoms with Gasteiger partial charge in [0.1, 0.15) is 0 Å². The molecule has 11 heteroatoms. The van der Waals surface area contributed by atoms with E-state index in [1.165, 1.54) is 159 Å². The molecule has 7 heterocycles. The minimum atomic E-state index is -2.99. The molecule has 24 aromatic rings. The summed E-state index contributed by atoms with van der Waals surface area (Å²) in [6.45, 7) is 4.73. The highest BCUT2D eigenvalue weighted by Crippen LogP contribution is 2.56. The Labute approximate surface area is 820 Å². The molecule has 660 valence electrons. The summed E-state index contributed by atoms with van der Waals surface area (Å²) in [5.41, 5.74) is 25.0. The molecule has 2 unspecified atom stereocenters. The Morgan fingerprint density at radius 1 is 0.229 bits per heavy atom. The second-order valence-corrected chi connectivity index (χ2v) is 47.2. The zero-order chi connectivity index (χ0) is 92.5. The summed E-state index contributed by atoms with van der Waals surface area (Å²) in [7, 11) is -5.86. The highest BCUT2D eigenvalue weighted by Gasteiger charge is 2.53. The zero-order valence-electron chi connectivity index (χ0n) is 76.4. The molecule has 4 aliphatic heterocycles. The molecule has 21 aromatic carbocycles. The van der Waals surface area contributed by atoms with E-state index in [2.05, 4.69) is 459 Å². The topological polar surface area (TPSA) is 48.3 Å². The highest BCUT2D eigenvalue weighted by molar-refractivity contribution is 7.27. The van der Waals surface area contributed by atoms with Crippen LogP contribution in [0, 0.1) is 0 Å². The number of rotatable bonds is 13. The highest BCUT2D eigenvalue weighted by atomic mass is 32.1. The molecule has 3 aromatic heterocycles. The maximum absolute atomic E-state index is 6.89. The van der Waals surface area contributed by atoms with Crippen LogP contribution in [-0.4, -0.2) is 20.7 Å². The predicted molar refractivity (Wildman–Crippen MR) is 589 cm³/mol. The molecule has 5 aliphatic rings. The van der Waals surface area contributed by atoms with Gasteiger partial charge in [-0.2, -0.15) is 0 Å². The van der Waals surface area contributed by atoms with Gasteiger partial charge < -0.3 is 33.3 Å². The van der Waals surface area contributed by atoms with Gasteiger partial charge in [0.2, 0.25) is 0 Å². The molecule has 0 saturated heterocycles. The van der Waals surface area contributed by atoms with E-state index in [0.717, 1.165) is 96.9 Å². The third kappa shape index (κ3) is 12.5. The first-order valence-corrected chi connectivity index (χ1v) is 53.5. The van der Waals surface area contributed by atoms with Crippen molar-refractivity contribution in [2.75, 3.05) is 9.80 Å². The maximum Gasteiger partial charge on any atom is 0.181 e. The lowest BCUT2D eigenvalue weighted by Crippen LogP contribution is -2.72. The number of hydrogen-bond donors (Lipinski definition) is 0. The monoisotopic (exact) mass is 1860 g/mol. The number of para-hydroxylation sites is 7. The summed E-state index contributed by atoms with van der Waals surface area (Å²) < 4.78 is 34.2. The third-order valence-corrected chi connectivity index (χ3v) is 41.7. The second-order valence-electron chi connectivity index (χ2n) is 37.5. The number of ether oxygens (including phenoxy) is 4. The summed E-state index contributed by atoms with van der Waals surface area (Å²) in [6, 6.07) is 176. The lowest BCUT2D eigenvalue weighted by molar-refractivity contribution is 0.361. The van der Waals surface area contributed by atoms with Crippen molar-refractivity contribution in [1.82, 2.24) is 4.57 Å². The van der Waals surface area contributed by atoms with Crippen molar-refractivity contribution in [2.45, 2.75) is 19.3 Å². The molecule has 7 nitrogen and oxygen atoms in total. The number of hydrogen-bond acceptors (Lipinski definition) is 8. The molecule has 0 fully saturated rings. The SMILES string of the molecule is CC1(C)c2ccccc2-c2ccc(N(c3ccc(-c4ccccc4)cc3)c3ccc4c(c3)sc3cc([Si]5(c6ccc(-c7ccccc7)cc6)c6ccccc6-c6c5ccc5c6Oc6ccccc6O5)ccc34)cc21.c1ccc(N(c2ccc3c(c2)sc2cc([Si]4(c5ccccc5)c5ccccc5-c5c4ccc4c5Oc5ccccc5O4)ccc23)c2ccc3c(c2)c2ccccc2n3-c2ccccc2)cc1. The Hall–Kier alpha value is -16.9. The Morgan fingerprint density at radius 3 is 1.15 bits per heavy atom. The van der Waals surface area contributed by atoms with E-state index in [-0.39, 0.29) is 5.41 Å². The molecule has 0 radical (unpaired) electrons.